The van der Waals surface area contributed by atoms with Gasteiger partial charge in [-0.15, -0.1) is 11.3 Å². The topological polar surface area (TPSA) is 82.7 Å². The number of nitrogens with one attached hydrogen (secondary N) is 3. The summed E-state index contributed by atoms with van der Waals surface area (Å²) in [6.45, 7) is 4.27. The number of benzene rings is 1. The Kier molecular flexibility index (Phi) is 7.74. The molecular weight excluding hydrogens is 412 g/mol. The molecule has 1 aliphatic heterocycles. The van der Waals surface area contributed by atoms with E-state index in [0.717, 1.165) is 24.3 Å². The fourth-order valence-electron chi connectivity index (χ4n) is 2.98. The molecule has 1 aromatic carbocycles. The standard InChI is InChI=1S/C20H25ClN4O3S/c1-2-25(13-17-9-10-18(21)29-17)20(27)24-15-7-5-14(6-8-15)23-19(26)22-12-16-4-3-11-28-16/h5-10,16H,2-4,11-13H2,1H3,(H,24,27)(H2,22,23,26). The van der Waals surface area contributed by atoms with Crippen LogP contribution in [0.15, 0.2) is 36.4 Å². The highest BCUT2D eigenvalue weighted by atomic mass is 35.5. The van der Waals surface area contributed by atoms with Crippen LogP contribution in [0.25, 0.3) is 0 Å². The molecule has 3 rings (SSSR count). The molecule has 29 heavy (non-hydrogen) atoms. The first-order valence-electron chi connectivity index (χ1n) is 9.60. The van der Waals surface area contributed by atoms with Gasteiger partial charge in [-0.1, -0.05) is 11.6 Å². The Bertz CT molecular complexity index is 821. The number of hydrogen-bond donors (Lipinski definition) is 3. The number of thiophene rings is 1. The zero-order chi connectivity index (χ0) is 20.6. The summed E-state index contributed by atoms with van der Waals surface area (Å²) in [7, 11) is 0. The van der Waals surface area contributed by atoms with Crippen molar-refractivity contribution in [1.29, 1.82) is 0 Å². The van der Waals surface area contributed by atoms with E-state index in [2.05, 4.69) is 16.0 Å². The van der Waals surface area contributed by atoms with Crippen molar-refractivity contribution in [2.24, 2.45) is 0 Å². The molecule has 1 atom stereocenters. The number of ether oxygens (including phenoxy) is 1. The number of amides is 4. The van der Waals surface area contributed by atoms with Crippen LogP contribution in [0.4, 0.5) is 21.0 Å². The summed E-state index contributed by atoms with van der Waals surface area (Å²) in [5.74, 6) is 0. The summed E-state index contributed by atoms with van der Waals surface area (Å²) in [5.41, 5.74) is 1.30. The highest BCUT2D eigenvalue weighted by molar-refractivity contribution is 7.16. The van der Waals surface area contributed by atoms with Gasteiger partial charge in [0.05, 0.1) is 17.0 Å². The zero-order valence-electron chi connectivity index (χ0n) is 16.2. The number of nitrogens with zero attached hydrogens (tertiary/aromatic N) is 1. The fourth-order valence-corrected chi connectivity index (χ4v) is 4.08. The van der Waals surface area contributed by atoms with Gasteiger partial charge >= 0.3 is 12.1 Å². The lowest BCUT2D eigenvalue weighted by molar-refractivity contribution is 0.112. The number of carbonyl (C=O) groups excluding carboxylic acids is 2. The average molecular weight is 437 g/mol. The summed E-state index contributed by atoms with van der Waals surface area (Å²) < 4.78 is 6.19. The fraction of sp³-hybridized carbons (Fsp3) is 0.400. The average Bonchev–Trinajstić information content (AvgIpc) is 3.37. The summed E-state index contributed by atoms with van der Waals surface area (Å²) >= 11 is 7.42. The van der Waals surface area contributed by atoms with Crippen molar-refractivity contribution >= 4 is 46.4 Å². The highest BCUT2D eigenvalue weighted by Crippen LogP contribution is 2.23. The van der Waals surface area contributed by atoms with E-state index in [1.165, 1.54) is 11.3 Å². The van der Waals surface area contributed by atoms with Gasteiger partial charge in [-0.05, 0) is 56.2 Å². The second-order valence-corrected chi connectivity index (χ2v) is 8.50. The van der Waals surface area contributed by atoms with Gasteiger partial charge in [-0.25, -0.2) is 9.59 Å². The molecule has 2 heterocycles. The van der Waals surface area contributed by atoms with Gasteiger partial charge < -0.3 is 25.6 Å². The van der Waals surface area contributed by atoms with E-state index in [1.807, 2.05) is 19.1 Å². The Morgan fingerprint density at radius 1 is 1.17 bits per heavy atom. The minimum Gasteiger partial charge on any atom is -0.376 e. The summed E-state index contributed by atoms with van der Waals surface area (Å²) in [4.78, 5) is 27.2. The first kappa shape index (κ1) is 21.4. The smallest absolute Gasteiger partial charge is 0.322 e. The predicted molar refractivity (Wildman–Crippen MR) is 117 cm³/mol. The molecule has 156 valence electrons. The van der Waals surface area contributed by atoms with Crippen molar-refractivity contribution in [2.45, 2.75) is 32.4 Å². The van der Waals surface area contributed by atoms with Gasteiger partial charge in [0.1, 0.15) is 0 Å². The zero-order valence-corrected chi connectivity index (χ0v) is 17.8. The highest BCUT2D eigenvalue weighted by Gasteiger charge is 2.16. The van der Waals surface area contributed by atoms with E-state index in [-0.39, 0.29) is 18.2 Å². The lowest BCUT2D eigenvalue weighted by atomic mass is 10.2. The van der Waals surface area contributed by atoms with Crippen molar-refractivity contribution < 1.29 is 14.3 Å². The quantitative estimate of drug-likeness (QED) is 0.585. The van der Waals surface area contributed by atoms with Crippen LogP contribution < -0.4 is 16.0 Å². The van der Waals surface area contributed by atoms with Gasteiger partial charge in [0.25, 0.3) is 0 Å². The molecular formula is C20H25ClN4O3S. The Morgan fingerprint density at radius 3 is 2.48 bits per heavy atom. The summed E-state index contributed by atoms with van der Waals surface area (Å²) in [6, 6.07) is 10.3. The predicted octanol–water partition coefficient (Wildman–Crippen LogP) is 4.76. The monoisotopic (exact) mass is 436 g/mol. The second kappa shape index (κ2) is 10.5. The maximum atomic E-state index is 12.5. The molecule has 0 radical (unpaired) electrons. The first-order valence-corrected chi connectivity index (χ1v) is 10.8. The first-order chi connectivity index (χ1) is 14.0. The number of halogens is 1. The number of urea groups is 2. The molecule has 2 aromatic rings. The molecule has 1 fully saturated rings. The van der Waals surface area contributed by atoms with E-state index < -0.39 is 0 Å². The van der Waals surface area contributed by atoms with Crippen LogP contribution in [0.3, 0.4) is 0 Å². The van der Waals surface area contributed by atoms with Crippen LogP contribution in [-0.4, -0.2) is 42.8 Å². The van der Waals surface area contributed by atoms with Gasteiger partial charge in [-0.3, -0.25) is 0 Å². The van der Waals surface area contributed by atoms with E-state index in [0.29, 0.717) is 35.3 Å². The van der Waals surface area contributed by atoms with Crippen molar-refractivity contribution in [3.63, 3.8) is 0 Å². The SMILES string of the molecule is CCN(Cc1ccc(Cl)s1)C(=O)Nc1ccc(NC(=O)NCC2CCCO2)cc1. The van der Waals surface area contributed by atoms with E-state index in [9.17, 15) is 9.59 Å². The largest absolute Gasteiger partial charge is 0.376 e. The number of hydrogen-bond acceptors (Lipinski definition) is 4. The molecule has 1 aromatic heterocycles. The van der Waals surface area contributed by atoms with Crippen LogP contribution >= 0.6 is 22.9 Å². The number of rotatable bonds is 7. The third-order valence-corrected chi connectivity index (χ3v) is 5.77. The van der Waals surface area contributed by atoms with E-state index >= 15 is 0 Å². The van der Waals surface area contributed by atoms with Crippen molar-refractivity contribution in [1.82, 2.24) is 10.2 Å². The lowest BCUT2D eigenvalue weighted by Gasteiger charge is -2.20. The molecule has 0 aliphatic carbocycles. The van der Waals surface area contributed by atoms with Crippen molar-refractivity contribution in [3.05, 3.63) is 45.6 Å². The van der Waals surface area contributed by atoms with Crippen molar-refractivity contribution in [3.8, 4) is 0 Å². The third-order valence-electron chi connectivity index (χ3n) is 4.55. The third kappa shape index (κ3) is 6.62. The minimum atomic E-state index is -0.274. The minimum absolute atomic E-state index is 0.102. The van der Waals surface area contributed by atoms with Crippen LogP contribution in [-0.2, 0) is 11.3 Å². The Labute approximate surface area is 179 Å². The molecule has 0 saturated carbocycles. The van der Waals surface area contributed by atoms with Gasteiger partial charge in [0, 0.05) is 35.9 Å². The summed E-state index contributed by atoms with van der Waals surface area (Å²) in [6.07, 6.45) is 2.12. The normalized spacial score (nSPS) is 15.7. The van der Waals surface area contributed by atoms with E-state index in [4.69, 9.17) is 16.3 Å². The second-order valence-electron chi connectivity index (χ2n) is 6.70. The molecule has 7 nitrogen and oxygen atoms in total. The molecule has 9 heteroatoms. The van der Waals surface area contributed by atoms with E-state index in [1.54, 1.807) is 29.2 Å². The lowest BCUT2D eigenvalue weighted by Crippen LogP contribution is -2.35. The van der Waals surface area contributed by atoms with Crippen LogP contribution in [0, 0.1) is 0 Å². The Hall–Kier alpha value is -2.29. The Morgan fingerprint density at radius 2 is 1.90 bits per heavy atom. The van der Waals surface area contributed by atoms with Crippen molar-refractivity contribution in [2.75, 3.05) is 30.3 Å². The maximum absolute atomic E-state index is 12.5. The maximum Gasteiger partial charge on any atom is 0.322 e. The molecule has 1 aliphatic rings. The summed E-state index contributed by atoms with van der Waals surface area (Å²) in [5, 5.41) is 8.46. The molecule has 3 N–H and O–H groups in total. The molecule has 0 spiro atoms. The van der Waals surface area contributed by atoms with Crippen LogP contribution in [0.2, 0.25) is 4.34 Å². The number of carbonyl (C=O) groups is 2. The van der Waals surface area contributed by atoms with Gasteiger partial charge in [0.2, 0.25) is 0 Å². The molecule has 4 amide bonds. The van der Waals surface area contributed by atoms with Gasteiger partial charge in [0.15, 0.2) is 0 Å². The molecule has 1 saturated heterocycles. The van der Waals surface area contributed by atoms with Gasteiger partial charge in [-0.2, -0.15) is 0 Å². The Balaban J connectivity index is 1.47. The molecule has 1 unspecified atom stereocenters. The molecule has 0 bridgehead atoms. The van der Waals surface area contributed by atoms with Crippen LogP contribution in [0.5, 0.6) is 0 Å². The number of anilines is 2. The van der Waals surface area contributed by atoms with Crippen LogP contribution in [0.1, 0.15) is 24.6 Å².